The lowest BCUT2D eigenvalue weighted by molar-refractivity contribution is 0.0870. The molecule has 0 saturated heterocycles. The van der Waals surface area contributed by atoms with Crippen LogP contribution in [0.5, 0.6) is 0 Å². The normalized spacial score (nSPS) is 17.8. The summed E-state index contributed by atoms with van der Waals surface area (Å²) < 4.78 is 6.49. The van der Waals surface area contributed by atoms with Crippen LogP contribution in [0.4, 0.5) is 0 Å². The van der Waals surface area contributed by atoms with Gasteiger partial charge >= 0.3 is 0 Å². The van der Waals surface area contributed by atoms with Gasteiger partial charge in [-0.3, -0.25) is 9.59 Å². The highest BCUT2D eigenvalue weighted by molar-refractivity contribution is 7.23. The molecule has 3 heterocycles. The second kappa shape index (κ2) is 7.50. The summed E-state index contributed by atoms with van der Waals surface area (Å²) in [6, 6.07) is 12.1. The van der Waals surface area contributed by atoms with E-state index in [1.54, 1.807) is 18.2 Å². The van der Waals surface area contributed by atoms with E-state index in [1.807, 2.05) is 24.3 Å². The summed E-state index contributed by atoms with van der Waals surface area (Å²) in [7, 11) is 0. The first-order valence-corrected chi connectivity index (χ1v) is 10.8. The van der Waals surface area contributed by atoms with E-state index in [2.05, 4.69) is 15.6 Å². The molecule has 3 aromatic heterocycles. The number of hydrogen-bond acceptors (Lipinski definition) is 4. The highest BCUT2D eigenvalue weighted by Crippen LogP contribution is 2.39. The maximum Gasteiger partial charge on any atom is 0.287 e. The number of furan rings is 1. The van der Waals surface area contributed by atoms with Crippen molar-refractivity contribution in [1.29, 1.82) is 0 Å². The molecule has 1 aliphatic rings. The summed E-state index contributed by atoms with van der Waals surface area (Å²) in [5, 5.41) is 6.44. The Kier molecular flexibility index (Phi) is 4.81. The number of benzene rings is 1. The van der Waals surface area contributed by atoms with Crippen LogP contribution < -0.4 is 10.6 Å². The number of rotatable bonds is 4. The number of H-pyrrole nitrogens is 1. The van der Waals surface area contributed by atoms with Gasteiger partial charge in [-0.25, -0.2) is 0 Å². The number of thiophene rings is 1. The zero-order valence-electron chi connectivity index (χ0n) is 15.4. The fourth-order valence-corrected chi connectivity index (χ4v) is 5.30. The minimum atomic E-state index is -0.378. The Morgan fingerprint density at radius 3 is 2.70 bits per heavy atom. The average molecular weight is 460 g/mol. The van der Waals surface area contributed by atoms with Gasteiger partial charge in [0.25, 0.3) is 11.8 Å². The van der Waals surface area contributed by atoms with Crippen molar-refractivity contribution in [2.24, 2.45) is 0 Å². The molecule has 0 bridgehead atoms. The standard InChI is InChI=1S/C21H15Cl2N3O3S/c22-16-18-15(30-19(16)23)9-13(24-18)20(27)25-12-8-10-4-1-2-5-11(10)17(12)26-21(28)14-6-3-7-29-14/h1-7,9,12,17,24H,8H2,(H,25,27)(H,26,28)/t12-,17+/m0/s1. The number of carbonyl (C=O) groups excluding carboxylic acids is 2. The molecule has 6 nitrogen and oxygen atoms in total. The van der Waals surface area contributed by atoms with E-state index < -0.39 is 0 Å². The van der Waals surface area contributed by atoms with E-state index in [9.17, 15) is 9.59 Å². The smallest absolute Gasteiger partial charge is 0.287 e. The summed E-state index contributed by atoms with van der Waals surface area (Å²) in [4.78, 5) is 28.5. The van der Waals surface area contributed by atoms with Gasteiger partial charge in [-0.05, 0) is 35.7 Å². The van der Waals surface area contributed by atoms with Gasteiger partial charge in [-0.2, -0.15) is 0 Å². The van der Waals surface area contributed by atoms with E-state index in [4.69, 9.17) is 27.6 Å². The Balaban J connectivity index is 1.40. The largest absolute Gasteiger partial charge is 0.459 e. The lowest BCUT2D eigenvalue weighted by Gasteiger charge is -2.22. The number of halogens is 2. The van der Waals surface area contributed by atoms with Gasteiger partial charge < -0.3 is 20.0 Å². The van der Waals surface area contributed by atoms with Crippen LogP contribution in [0, 0.1) is 0 Å². The van der Waals surface area contributed by atoms with E-state index in [0.29, 0.717) is 27.0 Å². The van der Waals surface area contributed by atoms with E-state index >= 15 is 0 Å². The molecular formula is C21H15Cl2N3O3S. The number of amides is 2. The van der Waals surface area contributed by atoms with Gasteiger partial charge in [0.05, 0.1) is 33.6 Å². The fraction of sp³-hybridized carbons (Fsp3) is 0.143. The SMILES string of the molecule is O=C(N[C@H]1Cc2ccccc2[C@H]1NC(=O)c1ccco1)c1cc2sc(Cl)c(Cl)c2[nH]1. The van der Waals surface area contributed by atoms with Crippen LogP contribution in [-0.4, -0.2) is 22.8 Å². The summed E-state index contributed by atoms with van der Waals surface area (Å²) in [6.07, 6.45) is 2.05. The fourth-order valence-electron chi connectivity index (χ4n) is 3.82. The van der Waals surface area contributed by atoms with Crippen molar-refractivity contribution in [1.82, 2.24) is 15.6 Å². The number of nitrogens with one attached hydrogen (secondary N) is 3. The van der Waals surface area contributed by atoms with Gasteiger partial charge in [0.2, 0.25) is 0 Å². The second-order valence-electron chi connectivity index (χ2n) is 7.02. The maximum absolute atomic E-state index is 12.9. The molecule has 0 fully saturated rings. The Bertz CT molecular complexity index is 1260. The third-order valence-electron chi connectivity index (χ3n) is 5.20. The van der Waals surface area contributed by atoms with Gasteiger partial charge in [0.15, 0.2) is 5.76 Å². The molecule has 2 amide bonds. The van der Waals surface area contributed by atoms with Crippen molar-refractivity contribution in [2.75, 3.05) is 0 Å². The van der Waals surface area contributed by atoms with Crippen LogP contribution in [0.15, 0.2) is 53.1 Å². The monoisotopic (exact) mass is 459 g/mol. The minimum absolute atomic E-state index is 0.223. The first kappa shape index (κ1) is 19.2. The zero-order valence-corrected chi connectivity index (χ0v) is 17.7. The summed E-state index contributed by atoms with van der Waals surface area (Å²) in [6.45, 7) is 0. The predicted octanol–water partition coefficient (Wildman–Crippen LogP) is 4.96. The highest BCUT2D eigenvalue weighted by atomic mass is 35.5. The quantitative estimate of drug-likeness (QED) is 0.403. The molecule has 0 unspecified atom stereocenters. The predicted molar refractivity (Wildman–Crippen MR) is 117 cm³/mol. The lowest BCUT2D eigenvalue weighted by Crippen LogP contribution is -2.44. The molecule has 152 valence electrons. The number of fused-ring (bicyclic) bond motifs is 2. The molecular weight excluding hydrogens is 445 g/mol. The van der Waals surface area contributed by atoms with Crippen molar-refractivity contribution in [2.45, 2.75) is 18.5 Å². The van der Waals surface area contributed by atoms with Crippen molar-refractivity contribution < 1.29 is 14.0 Å². The van der Waals surface area contributed by atoms with Crippen LogP contribution in [0.25, 0.3) is 10.2 Å². The molecule has 9 heteroatoms. The van der Waals surface area contributed by atoms with Crippen molar-refractivity contribution in [3.05, 3.63) is 80.7 Å². The Morgan fingerprint density at radius 2 is 1.93 bits per heavy atom. The third-order valence-corrected chi connectivity index (χ3v) is 7.13. The molecule has 30 heavy (non-hydrogen) atoms. The number of aromatic amines is 1. The number of aromatic nitrogens is 1. The third kappa shape index (κ3) is 3.29. The number of hydrogen-bond donors (Lipinski definition) is 3. The van der Waals surface area contributed by atoms with Crippen LogP contribution >= 0.6 is 34.5 Å². The molecule has 1 aromatic carbocycles. The Labute approximate surface area is 185 Å². The maximum atomic E-state index is 12.9. The van der Waals surface area contributed by atoms with Crippen molar-refractivity contribution in [3.8, 4) is 0 Å². The van der Waals surface area contributed by atoms with Crippen molar-refractivity contribution in [3.63, 3.8) is 0 Å². The Morgan fingerprint density at radius 1 is 1.10 bits per heavy atom. The average Bonchev–Trinajstić information content (AvgIpc) is 3.50. The minimum Gasteiger partial charge on any atom is -0.459 e. The van der Waals surface area contributed by atoms with Crippen LogP contribution in [0.3, 0.4) is 0 Å². The van der Waals surface area contributed by atoms with Crippen LogP contribution in [0.1, 0.15) is 38.2 Å². The number of carbonyl (C=O) groups is 2. The first-order chi connectivity index (χ1) is 14.5. The first-order valence-electron chi connectivity index (χ1n) is 9.21. The molecule has 0 saturated carbocycles. The van der Waals surface area contributed by atoms with E-state index in [-0.39, 0.29) is 29.7 Å². The zero-order chi connectivity index (χ0) is 20.8. The highest BCUT2D eigenvalue weighted by Gasteiger charge is 2.35. The second-order valence-corrected chi connectivity index (χ2v) is 9.06. The molecule has 0 aliphatic heterocycles. The lowest BCUT2D eigenvalue weighted by atomic mass is 10.1. The van der Waals surface area contributed by atoms with Crippen molar-refractivity contribution >= 4 is 56.6 Å². The van der Waals surface area contributed by atoms with E-state index in [1.165, 1.54) is 17.6 Å². The summed E-state index contributed by atoms with van der Waals surface area (Å²) >= 11 is 13.5. The molecule has 0 radical (unpaired) electrons. The van der Waals surface area contributed by atoms with Gasteiger partial charge in [0, 0.05) is 0 Å². The molecule has 2 atom stereocenters. The topological polar surface area (TPSA) is 87.1 Å². The van der Waals surface area contributed by atoms with E-state index in [0.717, 1.165) is 15.8 Å². The van der Waals surface area contributed by atoms with Gasteiger partial charge in [-0.15, -0.1) is 11.3 Å². The van der Waals surface area contributed by atoms with Crippen LogP contribution in [-0.2, 0) is 6.42 Å². The summed E-state index contributed by atoms with van der Waals surface area (Å²) in [5.41, 5.74) is 3.09. The molecule has 5 rings (SSSR count). The molecule has 0 spiro atoms. The van der Waals surface area contributed by atoms with Crippen LogP contribution in [0.2, 0.25) is 9.36 Å². The molecule has 3 N–H and O–H groups in total. The van der Waals surface area contributed by atoms with Gasteiger partial charge in [-0.1, -0.05) is 47.5 Å². The van der Waals surface area contributed by atoms with Gasteiger partial charge in [0.1, 0.15) is 10.0 Å². The summed E-state index contributed by atoms with van der Waals surface area (Å²) in [5.74, 6) is -0.385. The Hall–Kier alpha value is -2.74. The molecule has 1 aliphatic carbocycles. The molecule has 4 aromatic rings.